The van der Waals surface area contributed by atoms with Gasteiger partial charge in [-0.15, -0.1) is 0 Å². The number of nitriles is 1. The van der Waals surface area contributed by atoms with Gasteiger partial charge < -0.3 is 10.1 Å². The molecule has 2 N–H and O–H groups in total. The number of ether oxygens (including phenoxy) is 1. The van der Waals surface area contributed by atoms with E-state index >= 15 is 0 Å². The lowest BCUT2D eigenvalue weighted by atomic mass is 10.2. The van der Waals surface area contributed by atoms with E-state index in [1.165, 1.54) is 36.5 Å². The zero-order chi connectivity index (χ0) is 21.1. The van der Waals surface area contributed by atoms with Gasteiger partial charge in [0.2, 0.25) is 5.96 Å². The van der Waals surface area contributed by atoms with Gasteiger partial charge in [-0.05, 0) is 42.5 Å². The van der Waals surface area contributed by atoms with Gasteiger partial charge in [-0.3, -0.25) is 4.98 Å². The van der Waals surface area contributed by atoms with Crippen LogP contribution < -0.4 is 14.8 Å². The van der Waals surface area contributed by atoms with Gasteiger partial charge in [0.15, 0.2) is 5.75 Å². The van der Waals surface area contributed by atoms with Crippen LogP contribution in [0.1, 0.15) is 11.3 Å². The number of pyridine rings is 1. The molecular weight excluding hydrogens is 409 g/mol. The maximum Gasteiger partial charge on any atom is 0.266 e. The molecule has 0 fully saturated rings. The quantitative estimate of drug-likeness (QED) is 0.666. The molecular formula is C20H14FN5O3S. The molecule has 2 heterocycles. The Morgan fingerprint density at radius 2 is 2.00 bits per heavy atom. The van der Waals surface area contributed by atoms with E-state index in [4.69, 9.17) is 10.00 Å². The zero-order valence-electron chi connectivity index (χ0n) is 15.3. The van der Waals surface area contributed by atoms with Gasteiger partial charge in [-0.1, -0.05) is 12.1 Å². The van der Waals surface area contributed by atoms with Crippen LogP contribution in [0.3, 0.4) is 0 Å². The molecule has 0 amide bonds. The molecule has 8 nitrogen and oxygen atoms in total. The van der Waals surface area contributed by atoms with Crippen LogP contribution in [0.5, 0.6) is 11.5 Å². The molecule has 0 radical (unpaired) electrons. The minimum absolute atomic E-state index is 0.0283. The second-order valence-electron chi connectivity index (χ2n) is 6.20. The van der Waals surface area contributed by atoms with Crippen LogP contribution >= 0.6 is 0 Å². The lowest BCUT2D eigenvalue weighted by Crippen LogP contribution is -2.40. The SMILES string of the molecule is N#Cc1cccc(Oc2cccc3c2NC(=NCc2ncccc2F)NS3(=O)=O)c1. The number of para-hydroxylation sites is 1. The lowest BCUT2D eigenvalue weighted by molar-refractivity contribution is 0.483. The highest BCUT2D eigenvalue weighted by molar-refractivity contribution is 7.90. The van der Waals surface area contributed by atoms with Gasteiger partial charge >= 0.3 is 0 Å². The van der Waals surface area contributed by atoms with Crippen molar-refractivity contribution in [1.29, 1.82) is 5.26 Å². The van der Waals surface area contributed by atoms with Crippen LogP contribution in [-0.2, 0) is 16.6 Å². The van der Waals surface area contributed by atoms with Crippen LogP contribution in [0, 0.1) is 17.1 Å². The average Bonchev–Trinajstić information content (AvgIpc) is 2.73. The number of sulfonamides is 1. The number of halogens is 1. The number of aliphatic imine (C=N–C) groups is 1. The Bertz CT molecular complexity index is 1300. The molecule has 0 spiro atoms. The Morgan fingerprint density at radius 3 is 2.80 bits per heavy atom. The highest BCUT2D eigenvalue weighted by Gasteiger charge is 2.29. The summed E-state index contributed by atoms with van der Waals surface area (Å²) in [5.74, 6) is -0.0321. The summed E-state index contributed by atoms with van der Waals surface area (Å²) in [7, 11) is -3.92. The number of fused-ring (bicyclic) bond motifs is 1. The summed E-state index contributed by atoms with van der Waals surface area (Å²) in [5.41, 5.74) is 0.660. The summed E-state index contributed by atoms with van der Waals surface area (Å²) in [6.07, 6.45) is 1.42. The molecule has 3 aromatic rings. The van der Waals surface area contributed by atoms with E-state index in [0.717, 1.165) is 0 Å². The van der Waals surface area contributed by atoms with Crippen LogP contribution in [0.25, 0.3) is 0 Å². The van der Waals surface area contributed by atoms with Gasteiger partial charge in [0.05, 0.1) is 23.9 Å². The third kappa shape index (κ3) is 3.92. The first kappa shape index (κ1) is 19.4. The molecule has 10 heteroatoms. The summed E-state index contributed by atoms with van der Waals surface area (Å²) in [5, 5.41) is 11.9. The Balaban J connectivity index is 1.68. The highest BCUT2D eigenvalue weighted by Crippen LogP contribution is 2.36. The van der Waals surface area contributed by atoms with E-state index in [-0.39, 0.29) is 34.5 Å². The predicted molar refractivity (Wildman–Crippen MR) is 107 cm³/mol. The fourth-order valence-electron chi connectivity index (χ4n) is 2.79. The number of benzene rings is 2. The molecule has 1 aliphatic heterocycles. The molecule has 1 aromatic heterocycles. The number of guanidine groups is 1. The van der Waals surface area contributed by atoms with Crippen molar-refractivity contribution in [2.75, 3.05) is 5.32 Å². The van der Waals surface area contributed by atoms with Crippen LogP contribution in [0.4, 0.5) is 10.1 Å². The molecule has 30 heavy (non-hydrogen) atoms. The predicted octanol–water partition coefficient (Wildman–Crippen LogP) is 3.14. The molecule has 0 bridgehead atoms. The van der Waals surface area contributed by atoms with E-state index in [1.54, 1.807) is 24.3 Å². The largest absolute Gasteiger partial charge is 0.455 e. The number of hydrogen-bond acceptors (Lipinski definition) is 6. The molecule has 150 valence electrons. The topological polar surface area (TPSA) is 116 Å². The maximum absolute atomic E-state index is 13.8. The first-order valence-corrected chi connectivity index (χ1v) is 10.2. The smallest absolute Gasteiger partial charge is 0.266 e. The number of aromatic nitrogens is 1. The summed E-state index contributed by atoms with van der Waals surface area (Å²) in [6, 6.07) is 15.7. The minimum atomic E-state index is -3.92. The Morgan fingerprint density at radius 1 is 1.17 bits per heavy atom. The van der Waals surface area contributed by atoms with Crippen molar-refractivity contribution in [1.82, 2.24) is 9.71 Å². The molecule has 1 aliphatic rings. The molecule has 0 saturated carbocycles. The Hall–Kier alpha value is -3.97. The number of rotatable bonds is 4. The highest BCUT2D eigenvalue weighted by atomic mass is 32.2. The first-order valence-electron chi connectivity index (χ1n) is 8.71. The van der Waals surface area contributed by atoms with E-state index < -0.39 is 15.8 Å². The van der Waals surface area contributed by atoms with Crippen LogP contribution in [-0.4, -0.2) is 19.4 Å². The third-order valence-corrected chi connectivity index (χ3v) is 5.55. The van der Waals surface area contributed by atoms with Crippen molar-refractivity contribution in [3.63, 3.8) is 0 Å². The Kier molecular flexibility index (Phi) is 5.04. The molecule has 2 aromatic carbocycles. The Labute approximate surface area is 171 Å². The molecule has 0 saturated heterocycles. The van der Waals surface area contributed by atoms with Crippen LogP contribution in [0.2, 0.25) is 0 Å². The van der Waals surface area contributed by atoms with Gasteiger partial charge in [0.25, 0.3) is 10.0 Å². The van der Waals surface area contributed by atoms with Gasteiger partial charge in [0.1, 0.15) is 22.1 Å². The second-order valence-corrected chi connectivity index (χ2v) is 7.85. The first-order chi connectivity index (χ1) is 14.5. The fourth-order valence-corrected chi connectivity index (χ4v) is 3.94. The van der Waals surface area contributed by atoms with Crippen molar-refractivity contribution in [2.45, 2.75) is 11.4 Å². The van der Waals surface area contributed by atoms with Crippen molar-refractivity contribution < 1.29 is 17.5 Å². The van der Waals surface area contributed by atoms with Crippen molar-refractivity contribution in [2.24, 2.45) is 4.99 Å². The second kappa shape index (κ2) is 7.81. The summed E-state index contributed by atoms with van der Waals surface area (Å²) < 4.78 is 47.2. The van der Waals surface area contributed by atoms with Crippen molar-refractivity contribution in [3.05, 3.63) is 77.9 Å². The van der Waals surface area contributed by atoms with Gasteiger partial charge in [-0.25, -0.2) is 22.5 Å². The van der Waals surface area contributed by atoms with Crippen molar-refractivity contribution in [3.8, 4) is 17.6 Å². The summed E-state index contributed by atoms with van der Waals surface area (Å²) >= 11 is 0. The minimum Gasteiger partial charge on any atom is -0.455 e. The monoisotopic (exact) mass is 423 g/mol. The van der Waals surface area contributed by atoms with Crippen LogP contribution in [0.15, 0.2) is 70.7 Å². The van der Waals surface area contributed by atoms with Crippen molar-refractivity contribution >= 4 is 21.7 Å². The summed E-state index contributed by atoms with van der Waals surface area (Å²) in [4.78, 5) is 7.97. The number of nitrogens with zero attached hydrogens (tertiary/aromatic N) is 3. The molecule has 0 atom stereocenters. The normalized spacial score (nSPS) is 15.4. The maximum atomic E-state index is 13.8. The van der Waals surface area contributed by atoms with E-state index in [0.29, 0.717) is 11.3 Å². The molecule has 0 aliphatic carbocycles. The number of nitrogens with one attached hydrogen (secondary N) is 2. The average molecular weight is 423 g/mol. The van der Waals surface area contributed by atoms with E-state index in [2.05, 4.69) is 20.0 Å². The number of hydrogen-bond donors (Lipinski definition) is 2. The van der Waals surface area contributed by atoms with Gasteiger partial charge in [-0.2, -0.15) is 5.26 Å². The third-order valence-electron chi connectivity index (χ3n) is 4.16. The fraction of sp³-hybridized carbons (Fsp3) is 0.0500. The van der Waals surface area contributed by atoms with E-state index in [9.17, 15) is 12.8 Å². The standard InChI is InChI=1S/C20H14FN5O3S/c21-15-6-3-9-23-16(15)12-24-20-25-19-17(7-2-8-18(19)30(27,28)26-20)29-14-5-1-4-13(10-14)11-22/h1-10H,12H2,(H2,24,25,26). The zero-order valence-corrected chi connectivity index (χ0v) is 16.1. The van der Waals surface area contributed by atoms with Gasteiger partial charge in [0, 0.05) is 6.20 Å². The van der Waals surface area contributed by atoms with E-state index in [1.807, 2.05) is 6.07 Å². The number of anilines is 1. The summed E-state index contributed by atoms with van der Waals surface area (Å²) in [6.45, 7) is -0.167. The molecule has 4 rings (SSSR count). The lowest BCUT2D eigenvalue weighted by Gasteiger charge is -2.23. The molecule has 0 unspecified atom stereocenters.